The van der Waals surface area contributed by atoms with Gasteiger partial charge in [0.05, 0.1) is 22.1 Å². The Balaban J connectivity index is 0.988. The van der Waals surface area contributed by atoms with E-state index in [9.17, 15) is 0 Å². The van der Waals surface area contributed by atoms with E-state index in [2.05, 4.69) is 280 Å². The van der Waals surface area contributed by atoms with E-state index in [4.69, 9.17) is 0 Å². The van der Waals surface area contributed by atoms with Crippen molar-refractivity contribution in [1.82, 2.24) is 9.13 Å². The average molecular weight is 931 g/mol. The van der Waals surface area contributed by atoms with Gasteiger partial charge in [-0.1, -0.05) is 200 Å². The van der Waals surface area contributed by atoms with Gasteiger partial charge in [-0.2, -0.15) is 0 Å². The van der Waals surface area contributed by atoms with E-state index in [1.165, 1.54) is 116 Å². The number of anilines is 4. The summed E-state index contributed by atoms with van der Waals surface area (Å²) in [6, 6.07) is 96.7. The fourth-order valence-electron chi connectivity index (χ4n) is 12.5. The number of aromatic nitrogens is 2. The van der Waals surface area contributed by atoms with E-state index in [1.54, 1.807) is 0 Å². The van der Waals surface area contributed by atoms with Gasteiger partial charge in [0, 0.05) is 68.8 Å². The molecule has 2 aliphatic rings. The number of para-hydroxylation sites is 4. The van der Waals surface area contributed by atoms with Gasteiger partial charge in [0.2, 0.25) is 0 Å². The molecule has 0 saturated carbocycles. The summed E-state index contributed by atoms with van der Waals surface area (Å²) in [5.74, 6) is 0. The van der Waals surface area contributed by atoms with Crippen LogP contribution in [0.2, 0.25) is 0 Å². The highest BCUT2D eigenvalue weighted by Crippen LogP contribution is 2.43. The van der Waals surface area contributed by atoms with Gasteiger partial charge in [-0.3, -0.25) is 0 Å². The van der Waals surface area contributed by atoms with Crippen LogP contribution in [0.25, 0.3) is 77.2 Å². The summed E-state index contributed by atoms with van der Waals surface area (Å²) in [6.07, 6.45) is 0. The first-order valence-corrected chi connectivity index (χ1v) is 25.4. The summed E-state index contributed by atoms with van der Waals surface area (Å²) < 4.78 is 4.93. The van der Waals surface area contributed by atoms with Crippen molar-refractivity contribution in [2.24, 2.45) is 0 Å². The molecule has 0 N–H and O–H groups in total. The van der Waals surface area contributed by atoms with Gasteiger partial charge < -0.3 is 18.9 Å². The molecular formula is C68H47BN4. The van der Waals surface area contributed by atoms with Crippen molar-refractivity contribution < 1.29 is 0 Å². The van der Waals surface area contributed by atoms with E-state index >= 15 is 0 Å². The largest absolute Gasteiger partial charge is 0.338 e. The third kappa shape index (κ3) is 6.48. The van der Waals surface area contributed by atoms with Crippen molar-refractivity contribution in [3.05, 3.63) is 272 Å². The zero-order valence-corrected chi connectivity index (χ0v) is 40.1. The van der Waals surface area contributed by atoms with Gasteiger partial charge >= 0.3 is 0 Å². The zero-order chi connectivity index (χ0) is 48.0. The number of benzene rings is 11. The number of hydrogen-bond donors (Lipinski definition) is 0. The van der Waals surface area contributed by atoms with Crippen molar-refractivity contribution in [3.8, 4) is 33.6 Å². The molecule has 0 aliphatic carbocycles. The Hall–Kier alpha value is -9.32. The lowest BCUT2D eigenvalue weighted by Crippen LogP contribution is -2.62. The van der Waals surface area contributed by atoms with Crippen LogP contribution in [-0.2, 0) is 13.1 Å². The summed E-state index contributed by atoms with van der Waals surface area (Å²) in [5.41, 5.74) is 23.4. The maximum Gasteiger partial charge on any atom is 0.252 e. The molecule has 0 spiro atoms. The van der Waals surface area contributed by atoms with E-state index in [0.717, 1.165) is 11.4 Å². The van der Waals surface area contributed by atoms with Crippen LogP contribution in [0.1, 0.15) is 11.1 Å². The van der Waals surface area contributed by atoms with Crippen LogP contribution in [0.4, 0.5) is 22.7 Å². The topological polar surface area (TPSA) is 16.3 Å². The van der Waals surface area contributed by atoms with Crippen molar-refractivity contribution in [1.29, 1.82) is 0 Å². The molecule has 0 unspecified atom stereocenters. The SMILES string of the molecule is c1ccc(-c2ccccc2CN2c3cc(-n4c5ccccc5c5ccccc54)ccc3B3c4ccc(-n5c6ccccc6c6ccccc65)cc4N(Cc4ccccc4-c4ccccc4)c4cccc2c43)cc1. The molecule has 15 rings (SSSR count). The van der Waals surface area contributed by atoms with Crippen molar-refractivity contribution in [2.75, 3.05) is 9.80 Å². The van der Waals surface area contributed by atoms with E-state index in [-0.39, 0.29) is 6.71 Å². The second kappa shape index (κ2) is 16.7. The molecule has 0 atom stereocenters. The van der Waals surface area contributed by atoms with Gasteiger partial charge in [-0.25, -0.2) is 0 Å². The average Bonchev–Trinajstić information content (AvgIpc) is 3.98. The molecule has 4 heterocycles. The molecule has 4 nitrogen and oxygen atoms in total. The molecule has 2 aliphatic heterocycles. The van der Waals surface area contributed by atoms with Crippen LogP contribution < -0.4 is 26.2 Å². The monoisotopic (exact) mass is 930 g/mol. The first-order valence-electron chi connectivity index (χ1n) is 25.4. The molecule has 11 aromatic carbocycles. The highest BCUT2D eigenvalue weighted by molar-refractivity contribution is 7.00. The predicted molar refractivity (Wildman–Crippen MR) is 308 cm³/mol. The van der Waals surface area contributed by atoms with Crippen LogP contribution in [0.3, 0.4) is 0 Å². The van der Waals surface area contributed by atoms with Crippen LogP contribution in [0, 0.1) is 0 Å². The molecule has 73 heavy (non-hydrogen) atoms. The lowest BCUT2D eigenvalue weighted by Gasteiger charge is -2.44. The van der Waals surface area contributed by atoms with Crippen LogP contribution in [-0.4, -0.2) is 15.8 Å². The smallest absolute Gasteiger partial charge is 0.252 e. The number of nitrogens with zero attached hydrogens (tertiary/aromatic N) is 4. The molecule has 0 saturated heterocycles. The Bertz CT molecular complexity index is 3920. The van der Waals surface area contributed by atoms with Crippen LogP contribution >= 0.6 is 0 Å². The number of hydrogen-bond acceptors (Lipinski definition) is 2. The maximum absolute atomic E-state index is 2.62. The van der Waals surface area contributed by atoms with Gasteiger partial charge in [0.1, 0.15) is 0 Å². The summed E-state index contributed by atoms with van der Waals surface area (Å²) in [5, 5.41) is 5.03. The summed E-state index contributed by atoms with van der Waals surface area (Å²) >= 11 is 0. The quantitative estimate of drug-likeness (QED) is 0.141. The molecule has 0 fully saturated rings. The lowest BCUT2D eigenvalue weighted by molar-refractivity contribution is 0.961. The second-order valence-electron chi connectivity index (χ2n) is 19.6. The van der Waals surface area contributed by atoms with Crippen molar-refractivity contribution in [2.45, 2.75) is 13.1 Å². The molecule has 13 aromatic rings. The Morgan fingerprint density at radius 3 is 1.05 bits per heavy atom. The molecular weight excluding hydrogens is 884 g/mol. The van der Waals surface area contributed by atoms with Crippen molar-refractivity contribution >= 4 is 89.5 Å². The Kier molecular flexibility index (Phi) is 9.46. The summed E-state index contributed by atoms with van der Waals surface area (Å²) in [4.78, 5) is 5.24. The fraction of sp³-hybridized carbons (Fsp3) is 0.0294. The first-order chi connectivity index (χ1) is 36.2. The molecule has 0 radical (unpaired) electrons. The minimum absolute atomic E-state index is 0.0307. The van der Waals surface area contributed by atoms with Crippen LogP contribution in [0.15, 0.2) is 261 Å². The normalized spacial score (nSPS) is 12.7. The number of fused-ring (bicyclic) bond motifs is 10. The zero-order valence-electron chi connectivity index (χ0n) is 40.1. The standard InChI is InChI=1S/C68H47BN4/c1-3-20-46(21-4-1)52-26-9-7-24-48(52)44-70-64-36-19-37-65-68(64)69(58-40-38-50(42-66(58)70)72-60-32-15-11-28-54(60)55-29-12-16-33-61(55)72)59-41-39-51(73-62-34-17-13-30-56(62)57-31-14-18-35-63(57)73)43-67(59)71(65)45-49-25-8-10-27-53(49)47-22-5-2-6-23-47/h1-43H,44-45H2. The third-order valence-corrected chi connectivity index (χ3v) is 15.7. The molecule has 342 valence electrons. The second-order valence-corrected chi connectivity index (χ2v) is 19.6. The van der Waals surface area contributed by atoms with E-state index in [1.807, 2.05) is 0 Å². The Morgan fingerprint density at radius 1 is 0.288 bits per heavy atom. The minimum Gasteiger partial charge on any atom is -0.338 e. The maximum atomic E-state index is 2.62. The highest BCUT2D eigenvalue weighted by atomic mass is 15.2. The van der Waals surface area contributed by atoms with E-state index in [0.29, 0.717) is 13.1 Å². The molecule has 5 heteroatoms. The minimum atomic E-state index is -0.0307. The van der Waals surface area contributed by atoms with Crippen LogP contribution in [0.5, 0.6) is 0 Å². The van der Waals surface area contributed by atoms with Gasteiger partial charge in [-0.05, 0) is 110 Å². The van der Waals surface area contributed by atoms with E-state index < -0.39 is 0 Å². The molecule has 0 bridgehead atoms. The van der Waals surface area contributed by atoms with Crippen molar-refractivity contribution in [3.63, 3.8) is 0 Å². The predicted octanol–water partition coefficient (Wildman–Crippen LogP) is 15.0. The van der Waals surface area contributed by atoms with Gasteiger partial charge in [0.15, 0.2) is 0 Å². The van der Waals surface area contributed by atoms with Gasteiger partial charge in [-0.15, -0.1) is 0 Å². The van der Waals surface area contributed by atoms with Gasteiger partial charge in [0.25, 0.3) is 6.71 Å². The number of rotatable bonds is 8. The fourth-order valence-corrected chi connectivity index (χ4v) is 12.5. The molecule has 0 amide bonds. The lowest BCUT2D eigenvalue weighted by atomic mass is 9.33. The summed E-state index contributed by atoms with van der Waals surface area (Å²) in [6.45, 7) is 1.35. The summed E-state index contributed by atoms with van der Waals surface area (Å²) in [7, 11) is 0. The Labute approximate surface area is 425 Å². The third-order valence-electron chi connectivity index (χ3n) is 15.7. The molecule has 2 aromatic heterocycles. The Morgan fingerprint density at radius 2 is 0.644 bits per heavy atom. The highest BCUT2D eigenvalue weighted by Gasteiger charge is 2.43. The first kappa shape index (κ1) is 41.5.